The molecule has 24 heavy (non-hydrogen) atoms. The third-order valence-electron chi connectivity index (χ3n) is 3.52. The summed E-state index contributed by atoms with van der Waals surface area (Å²) in [6, 6.07) is 9.19. The Labute approximate surface area is 138 Å². The number of methoxy groups -OCH3 is 2. The van der Waals surface area contributed by atoms with Crippen LogP contribution < -0.4 is 0 Å². The number of hydrogen-bond donors (Lipinski definition) is 0. The molecule has 0 radical (unpaired) electrons. The third-order valence-corrected chi connectivity index (χ3v) is 3.52. The molecule has 2 rings (SSSR count). The van der Waals surface area contributed by atoms with Crippen LogP contribution in [0, 0.1) is 0 Å². The molecule has 0 N–H and O–H groups in total. The quantitative estimate of drug-likeness (QED) is 0.620. The van der Waals surface area contributed by atoms with Gasteiger partial charge in [-0.05, 0) is 11.1 Å². The van der Waals surface area contributed by atoms with Gasteiger partial charge in [-0.2, -0.15) is 0 Å². The second kappa shape index (κ2) is 7.32. The monoisotopic (exact) mass is 326 g/mol. The molecule has 0 bridgehead atoms. The van der Waals surface area contributed by atoms with Crippen molar-refractivity contribution in [1.29, 1.82) is 0 Å². The lowest BCUT2D eigenvalue weighted by Crippen LogP contribution is -2.12. The van der Waals surface area contributed by atoms with E-state index in [2.05, 4.69) is 0 Å². The molecule has 0 aliphatic heterocycles. The van der Waals surface area contributed by atoms with Gasteiger partial charge in [-0.3, -0.25) is 9.59 Å². The molecule has 0 spiro atoms. The largest absolute Gasteiger partial charge is 0.465 e. The molecule has 6 heteroatoms. The first-order chi connectivity index (χ1) is 11.6. The first-order valence-corrected chi connectivity index (χ1v) is 6.92. The highest BCUT2D eigenvalue weighted by Gasteiger charge is 2.23. The van der Waals surface area contributed by atoms with E-state index in [0.29, 0.717) is 23.7 Å². The highest BCUT2D eigenvalue weighted by atomic mass is 16.5. The van der Waals surface area contributed by atoms with Crippen molar-refractivity contribution in [1.82, 2.24) is 0 Å². The van der Waals surface area contributed by atoms with Gasteiger partial charge in [-0.25, -0.2) is 9.59 Å². The van der Waals surface area contributed by atoms with Crippen LogP contribution in [0.15, 0.2) is 36.4 Å². The predicted molar refractivity (Wildman–Crippen MR) is 85.3 cm³/mol. The number of hydrogen-bond acceptors (Lipinski definition) is 6. The van der Waals surface area contributed by atoms with Crippen molar-refractivity contribution < 1.29 is 28.7 Å². The summed E-state index contributed by atoms with van der Waals surface area (Å²) in [6.07, 6.45) is 1.05. The van der Waals surface area contributed by atoms with Crippen LogP contribution in [0.5, 0.6) is 0 Å². The molecule has 0 unspecified atom stereocenters. The fourth-order valence-corrected chi connectivity index (χ4v) is 2.45. The lowest BCUT2D eigenvalue weighted by atomic mass is 9.90. The summed E-state index contributed by atoms with van der Waals surface area (Å²) in [6.45, 7) is 0. The Hall–Kier alpha value is -3.28. The van der Waals surface area contributed by atoms with Crippen LogP contribution in [0.2, 0.25) is 0 Å². The van der Waals surface area contributed by atoms with Gasteiger partial charge in [0.15, 0.2) is 12.6 Å². The van der Waals surface area contributed by atoms with E-state index in [4.69, 9.17) is 9.47 Å². The molecule has 0 saturated heterocycles. The van der Waals surface area contributed by atoms with Crippen LogP contribution in [0.1, 0.15) is 41.4 Å². The number of ether oxygens (including phenoxy) is 2. The van der Waals surface area contributed by atoms with Crippen molar-refractivity contribution in [2.24, 2.45) is 0 Å². The Kier molecular flexibility index (Phi) is 5.21. The van der Waals surface area contributed by atoms with Gasteiger partial charge in [0.05, 0.1) is 25.3 Å². The number of carbonyl (C=O) groups is 4. The summed E-state index contributed by atoms with van der Waals surface area (Å²) in [5.74, 6) is -1.44. The van der Waals surface area contributed by atoms with Gasteiger partial charge in [0.2, 0.25) is 0 Å². The van der Waals surface area contributed by atoms with Crippen LogP contribution in [0.4, 0.5) is 0 Å². The molecular formula is C18H14O6. The molecule has 0 heterocycles. The highest BCUT2D eigenvalue weighted by molar-refractivity contribution is 6.09. The maximum atomic E-state index is 12.1. The van der Waals surface area contributed by atoms with E-state index in [-0.39, 0.29) is 22.3 Å². The summed E-state index contributed by atoms with van der Waals surface area (Å²) in [5, 5.41) is 0. The summed E-state index contributed by atoms with van der Waals surface area (Å²) >= 11 is 0. The van der Waals surface area contributed by atoms with E-state index in [9.17, 15) is 19.2 Å². The first kappa shape index (κ1) is 17.1. The number of aldehydes is 2. The minimum atomic E-state index is -0.722. The van der Waals surface area contributed by atoms with Crippen LogP contribution in [0.3, 0.4) is 0 Å². The molecular weight excluding hydrogens is 312 g/mol. The van der Waals surface area contributed by atoms with E-state index < -0.39 is 11.9 Å². The molecule has 0 aliphatic rings. The molecule has 0 saturated carbocycles. The van der Waals surface area contributed by atoms with Crippen LogP contribution in [-0.2, 0) is 9.47 Å². The Morgan fingerprint density at radius 2 is 1.12 bits per heavy atom. The zero-order chi connectivity index (χ0) is 17.7. The van der Waals surface area contributed by atoms with Gasteiger partial charge in [0.1, 0.15) is 0 Å². The number of carbonyl (C=O) groups excluding carboxylic acids is 4. The molecule has 0 amide bonds. The molecule has 2 aromatic rings. The zero-order valence-corrected chi connectivity index (χ0v) is 13.1. The van der Waals surface area contributed by atoms with E-state index in [1.165, 1.54) is 26.4 Å². The van der Waals surface area contributed by atoms with E-state index in [1.807, 2.05) is 0 Å². The molecule has 0 aliphatic carbocycles. The van der Waals surface area contributed by atoms with Gasteiger partial charge in [0.25, 0.3) is 0 Å². The van der Waals surface area contributed by atoms with E-state index >= 15 is 0 Å². The standard InChI is InChI=1S/C18H14O6/c1-23-17(21)15-11(9-19)5-3-7-13(15)14-8-4-6-12(10-20)16(14)18(22)24-2/h3-10H,1-2H3. The first-order valence-electron chi connectivity index (χ1n) is 6.92. The van der Waals surface area contributed by atoms with Crippen molar-refractivity contribution in [2.45, 2.75) is 0 Å². The Bertz CT molecular complexity index is 753. The lowest BCUT2D eigenvalue weighted by Gasteiger charge is -2.14. The zero-order valence-electron chi connectivity index (χ0n) is 13.1. The van der Waals surface area contributed by atoms with Crippen LogP contribution in [-0.4, -0.2) is 38.7 Å². The number of esters is 2. The molecule has 0 aromatic heterocycles. The fraction of sp³-hybridized carbons (Fsp3) is 0.111. The molecule has 0 fully saturated rings. The topological polar surface area (TPSA) is 86.7 Å². The Balaban J connectivity index is 2.87. The predicted octanol–water partition coefficient (Wildman–Crippen LogP) is 2.55. The molecule has 2 aromatic carbocycles. The average Bonchev–Trinajstić information content (AvgIpc) is 2.65. The minimum absolute atomic E-state index is 0.0169. The van der Waals surface area contributed by atoms with Gasteiger partial charge >= 0.3 is 11.9 Å². The van der Waals surface area contributed by atoms with Crippen LogP contribution in [0.25, 0.3) is 11.1 Å². The third kappa shape index (κ3) is 2.94. The smallest absolute Gasteiger partial charge is 0.339 e. The van der Waals surface area contributed by atoms with Gasteiger partial charge < -0.3 is 9.47 Å². The van der Waals surface area contributed by atoms with Crippen molar-refractivity contribution in [3.63, 3.8) is 0 Å². The summed E-state index contributed by atoms with van der Waals surface area (Å²) in [5.41, 5.74) is 0.871. The van der Waals surface area contributed by atoms with Crippen molar-refractivity contribution in [2.75, 3.05) is 14.2 Å². The highest BCUT2D eigenvalue weighted by Crippen LogP contribution is 2.31. The number of benzene rings is 2. The van der Waals surface area contributed by atoms with Crippen molar-refractivity contribution in [3.8, 4) is 11.1 Å². The second-order valence-corrected chi connectivity index (χ2v) is 4.76. The lowest BCUT2D eigenvalue weighted by molar-refractivity contribution is 0.0588. The Morgan fingerprint density at radius 1 is 0.750 bits per heavy atom. The number of rotatable bonds is 5. The molecule has 0 atom stereocenters. The average molecular weight is 326 g/mol. The summed E-state index contributed by atoms with van der Waals surface area (Å²) < 4.78 is 9.48. The maximum Gasteiger partial charge on any atom is 0.339 e. The Morgan fingerprint density at radius 3 is 1.42 bits per heavy atom. The second-order valence-electron chi connectivity index (χ2n) is 4.76. The summed E-state index contributed by atoms with van der Waals surface area (Å²) in [4.78, 5) is 46.8. The molecule has 122 valence electrons. The minimum Gasteiger partial charge on any atom is -0.465 e. The maximum absolute atomic E-state index is 12.1. The van der Waals surface area contributed by atoms with Crippen LogP contribution >= 0.6 is 0 Å². The molecule has 6 nitrogen and oxygen atoms in total. The summed E-state index contributed by atoms with van der Waals surface area (Å²) in [7, 11) is 2.38. The normalized spacial score (nSPS) is 9.92. The van der Waals surface area contributed by atoms with E-state index in [1.54, 1.807) is 24.3 Å². The van der Waals surface area contributed by atoms with Crippen molar-refractivity contribution in [3.05, 3.63) is 58.7 Å². The van der Waals surface area contributed by atoms with E-state index in [0.717, 1.165) is 0 Å². The van der Waals surface area contributed by atoms with Gasteiger partial charge in [0, 0.05) is 11.1 Å². The van der Waals surface area contributed by atoms with Gasteiger partial charge in [-0.1, -0.05) is 36.4 Å². The fourth-order valence-electron chi connectivity index (χ4n) is 2.45. The van der Waals surface area contributed by atoms with Crippen molar-refractivity contribution >= 4 is 24.5 Å². The van der Waals surface area contributed by atoms with Gasteiger partial charge in [-0.15, -0.1) is 0 Å². The SMILES string of the molecule is COC(=O)c1c(C=O)cccc1-c1cccc(C=O)c1C(=O)OC.